The maximum absolute atomic E-state index is 13.9. The van der Waals surface area contributed by atoms with E-state index < -0.39 is 36.6 Å². The molecule has 2 N–H and O–H groups in total. The third-order valence-electron chi connectivity index (χ3n) is 7.65. The van der Waals surface area contributed by atoms with Gasteiger partial charge in [-0.2, -0.15) is 13.2 Å². The molecule has 2 aliphatic rings. The topological polar surface area (TPSA) is 103 Å². The second-order valence-corrected chi connectivity index (χ2v) is 10.4. The lowest BCUT2D eigenvalue weighted by molar-refractivity contribution is -0.133. The number of halogens is 4. The third-order valence-corrected chi connectivity index (χ3v) is 7.65. The second-order valence-electron chi connectivity index (χ2n) is 10.4. The highest BCUT2D eigenvalue weighted by Crippen LogP contribution is 2.31. The van der Waals surface area contributed by atoms with Gasteiger partial charge in [0.1, 0.15) is 12.4 Å². The highest BCUT2D eigenvalue weighted by molar-refractivity contribution is 6.20. The number of hydrogen-bond acceptors (Lipinski definition) is 4. The minimum atomic E-state index is -4.71. The molecule has 0 spiro atoms. The van der Waals surface area contributed by atoms with Crippen molar-refractivity contribution in [2.75, 3.05) is 24.5 Å². The summed E-state index contributed by atoms with van der Waals surface area (Å²) in [5.41, 5.74) is 1.72. The largest absolute Gasteiger partial charge is 0.406 e. The van der Waals surface area contributed by atoms with Crippen LogP contribution in [0.3, 0.4) is 0 Å². The van der Waals surface area contributed by atoms with Gasteiger partial charge in [0.25, 0.3) is 5.91 Å². The number of nitrogens with one attached hydrogen (secondary N) is 2. The molecule has 0 unspecified atom stereocenters. The molecule has 13 heteroatoms. The van der Waals surface area contributed by atoms with Crippen LogP contribution in [0, 0.1) is 5.82 Å². The molecule has 222 valence electrons. The van der Waals surface area contributed by atoms with Crippen molar-refractivity contribution in [3.05, 3.63) is 100 Å². The Balaban J connectivity index is 1.26. The van der Waals surface area contributed by atoms with Gasteiger partial charge in [-0.1, -0.05) is 48.5 Å². The number of urea groups is 1. The molecule has 9 nitrogen and oxygen atoms in total. The first kappa shape index (κ1) is 28.2. The number of aromatic amines is 1. The number of hydrogen-bond donors (Lipinski definition) is 2. The summed E-state index contributed by atoms with van der Waals surface area (Å²) in [4.78, 5) is 48.8. The summed E-state index contributed by atoms with van der Waals surface area (Å²) in [6.45, 7) is -1.18. The number of para-hydroxylation sites is 1. The Morgan fingerprint density at radius 3 is 2.40 bits per heavy atom. The minimum Gasteiger partial charge on any atom is -0.325 e. The zero-order valence-electron chi connectivity index (χ0n) is 22.6. The number of aromatic nitrogens is 2. The van der Waals surface area contributed by atoms with Crippen LogP contribution >= 0.6 is 0 Å². The van der Waals surface area contributed by atoms with Crippen LogP contribution in [0.2, 0.25) is 0 Å². The SMILES string of the molecule is O=C(N[C@@H]1N=C(c2ccccc2)c2ccccc2N(CC(F)(F)F)C1=O)N1CCC(n2c(=O)[nH]c3ccc(F)cc32)CC1. The molecule has 1 saturated heterocycles. The van der Waals surface area contributed by atoms with Crippen LogP contribution < -0.4 is 15.9 Å². The lowest BCUT2D eigenvalue weighted by atomic mass is 10.0. The van der Waals surface area contributed by atoms with Crippen molar-refractivity contribution in [2.45, 2.75) is 31.2 Å². The van der Waals surface area contributed by atoms with Crippen LogP contribution in [0.25, 0.3) is 11.0 Å². The standard InChI is InChI=1S/C30H26F4N6O3/c31-19-10-11-22-24(16-19)40(29(43)35-22)20-12-14-38(15-13-20)28(42)37-26-27(41)39(17-30(32,33)34)23-9-5-4-8-21(23)25(36-26)18-6-2-1-3-7-18/h1-11,16,20,26H,12-15,17H2,(H,35,43)(H,37,42)/t26-/m0/s1. The molecule has 0 aliphatic carbocycles. The van der Waals surface area contributed by atoms with Crippen molar-refractivity contribution in [3.63, 3.8) is 0 Å². The first-order valence-electron chi connectivity index (χ1n) is 13.6. The molecule has 3 aromatic carbocycles. The summed E-state index contributed by atoms with van der Waals surface area (Å²) >= 11 is 0. The Kier molecular flexibility index (Phi) is 7.24. The van der Waals surface area contributed by atoms with E-state index in [-0.39, 0.29) is 36.2 Å². The zero-order valence-corrected chi connectivity index (χ0v) is 22.6. The predicted octanol–water partition coefficient (Wildman–Crippen LogP) is 4.59. The highest BCUT2D eigenvalue weighted by atomic mass is 19.4. The zero-order chi connectivity index (χ0) is 30.3. The maximum Gasteiger partial charge on any atom is 0.406 e. The van der Waals surface area contributed by atoms with E-state index >= 15 is 0 Å². The average molecular weight is 595 g/mol. The van der Waals surface area contributed by atoms with Gasteiger partial charge in [-0.15, -0.1) is 0 Å². The molecular formula is C30H26F4N6O3. The number of benzene rings is 3. The number of likely N-dealkylation sites (tertiary alicyclic amines) is 1. The maximum atomic E-state index is 13.9. The number of H-pyrrole nitrogens is 1. The van der Waals surface area contributed by atoms with E-state index in [1.54, 1.807) is 42.5 Å². The van der Waals surface area contributed by atoms with Crippen molar-refractivity contribution in [2.24, 2.45) is 4.99 Å². The number of alkyl halides is 3. The number of carbonyl (C=O) groups excluding carboxylic acids is 2. The van der Waals surface area contributed by atoms with Gasteiger partial charge in [0.05, 0.1) is 22.4 Å². The molecule has 43 heavy (non-hydrogen) atoms. The number of benzodiazepines with no additional fused rings is 1. The van der Waals surface area contributed by atoms with E-state index in [2.05, 4.69) is 15.3 Å². The molecule has 0 bridgehead atoms. The summed E-state index contributed by atoms with van der Waals surface area (Å²) < 4.78 is 56.4. The van der Waals surface area contributed by atoms with E-state index in [9.17, 15) is 31.9 Å². The molecular weight excluding hydrogens is 568 g/mol. The van der Waals surface area contributed by atoms with Crippen molar-refractivity contribution < 1.29 is 27.2 Å². The third kappa shape index (κ3) is 5.62. The second kappa shape index (κ2) is 11.0. The number of rotatable bonds is 4. The Morgan fingerprint density at radius 2 is 1.67 bits per heavy atom. The van der Waals surface area contributed by atoms with Crippen LogP contribution in [0.15, 0.2) is 82.6 Å². The van der Waals surface area contributed by atoms with Crippen molar-refractivity contribution in [1.29, 1.82) is 0 Å². The van der Waals surface area contributed by atoms with Gasteiger partial charge < -0.3 is 15.2 Å². The summed E-state index contributed by atoms with van der Waals surface area (Å²) in [6, 6.07) is 17.9. The molecule has 1 atom stereocenters. The first-order valence-corrected chi connectivity index (χ1v) is 13.6. The number of aliphatic imine (C=N–C) groups is 1. The fraction of sp³-hybridized carbons (Fsp3) is 0.267. The number of anilines is 1. The van der Waals surface area contributed by atoms with Crippen LogP contribution in [-0.2, 0) is 4.79 Å². The monoisotopic (exact) mass is 594 g/mol. The molecule has 3 amide bonds. The number of imidazole rings is 1. The van der Waals surface area contributed by atoms with Gasteiger partial charge in [-0.05, 0) is 37.1 Å². The lowest BCUT2D eigenvalue weighted by Gasteiger charge is -2.33. The number of carbonyl (C=O) groups is 2. The normalized spacial score (nSPS) is 17.9. The van der Waals surface area contributed by atoms with Gasteiger partial charge in [0.15, 0.2) is 0 Å². The van der Waals surface area contributed by atoms with Crippen molar-refractivity contribution in [3.8, 4) is 0 Å². The summed E-state index contributed by atoms with van der Waals surface area (Å²) in [5, 5.41) is 2.54. The smallest absolute Gasteiger partial charge is 0.325 e. The number of fused-ring (bicyclic) bond motifs is 2. The Bertz CT molecular complexity index is 1770. The average Bonchev–Trinajstić information content (AvgIpc) is 3.27. The van der Waals surface area contributed by atoms with E-state index in [0.29, 0.717) is 39.9 Å². The molecule has 4 aromatic rings. The molecule has 6 rings (SSSR count). The lowest BCUT2D eigenvalue weighted by Crippen LogP contribution is -2.54. The number of piperidine rings is 1. The predicted molar refractivity (Wildman–Crippen MR) is 152 cm³/mol. The van der Waals surface area contributed by atoms with Gasteiger partial charge in [0, 0.05) is 30.3 Å². The van der Waals surface area contributed by atoms with Crippen LogP contribution in [0.1, 0.15) is 30.0 Å². The van der Waals surface area contributed by atoms with Crippen LogP contribution in [-0.4, -0.2) is 64.1 Å². The summed E-state index contributed by atoms with van der Waals surface area (Å²) in [5.74, 6) is -1.51. The van der Waals surface area contributed by atoms with E-state index in [1.807, 2.05) is 0 Å². The Morgan fingerprint density at radius 1 is 0.977 bits per heavy atom. The highest BCUT2D eigenvalue weighted by Gasteiger charge is 2.40. The van der Waals surface area contributed by atoms with Gasteiger partial charge in [-0.3, -0.25) is 14.3 Å². The fourth-order valence-electron chi connectivity index (χ4n) is 5.68. The van der Waals surface area contributed by atoms with Crippen LogP contribution in [0.5, 0.6) is 0 Å². The Hall–Kier alpha value is -4.94. The fourth-order valence-corrected chi connectivity index (χ4v) is 5.68. The van der Waals surface area contributed by atoms with Crippen molar-refractivity contribution >= 4 is 34.4 Å². The van der Waals surface area contributed by atoms with Gasteiger partial charge in [-0.25, -0.2) is 19.0 Å². The molecule has 2 aliphatic heterocycles. The summed E-state index contributed by atoms with van der Waals surface area (Å²) in [6.07, 6.45) is -5.62. The Labute approximate surface area is 242 Å². The molecule has 0 saturated carbocycles. The number of nitrogens with zero attached hydrogens (tertiary/aromatic N) is 4. The molecule has 1 aromatic heterocycles. The van der Waals surface area contributed by atoms with Gasteiger partial charge >= 0.3 is 17.9 Å². The molecule has 1 fully saturated rings. The quantitative estimate of drug-likeness (QED) is 0.338. The number of amides is 3. The van der Waals surface area contributed by atoms with Crippen LogP contribution in [0.4, 0.5) is 28.0 Å². The van der Waals surface area contributed by atoms with E-state index in [4.69, 9.17) is 0 Å². The van der Waals surface area contributed by atoms with E-state index in [0.717, 1.165) is 0 Å². The summed E-state index contributed by atoms with van der Waals surface area (Å²) in [7, 11) is 0. The van der Waals surface area contributed by atoms with Crippen molar-refractivity contribution in [1.82, 2.24) is 19.8 Å². The van der Waals surface area contributed by atoms with Gasteiger partial charge in [0.2, 0.25) is 6.17 Å². The minimum absolute atomic E-state index is 0.0330. The molecule has 0 radical (unpaired) electrons. The first-order chi connectivity index (χ1) is 20.6. The van der Waals surface area contributed by atoms with E-state index in [1.165, 1.54) is 39.8 Å². The molecule has 3 heterocycles.